The van der Waals surface area contributed by atoms with Gasteiger partial charge in [0, 0.05) is 15.6 Å². The summed E-state index contributed by atoms with van der Waals surface area (Å²) in [6.45, 7) is 1.93. The standard InChI is InChI=1S/C15H10BrNO3/c1-8-4-10(6-11(16)5-8)14(18)9-2-3-12-13(7-9)20-15(19)17-12/h2-7H,1H3,(H,17,19). The van der Waals surface area contributed by atoms with Crippen molar-refractivity contribution < 1.29 is 9.21 Å². The quantitative estimate of drug-likeness (QED) is 0.732. The lowest BCUT2D eigenvalue weighted by Crippen LogP contribution is -2.01. The van der Waals surface area contributed by atoms with Crippen molar-refractivity contribution in [1.29, 1.82) is 0 Å². The molecule has 0 radical (unpaired) electrons. The van der Waals surface area contributed by atoms with E-state index in [1.807, 2.05) is 19.1 Å². The average molecular weight is 332 g/mol. The minimum Gasteiger partial charge on any atom is -0.408 e. The first-order valence-electron chi connectivity index (χ1n) is 5.98. The minimum absolute atomic E-state index is 0.111. The highest BCUT2D eigenvalue weighted by molar-refractivity contribution is 9.10. The second-order valence-electron chi connectivity index (χ2n) is 4.57. The van der Waals surface area contributed by atoms with Gasteiger partial charge in [-0.3, -0.25) is 9.78 Å². The maximum Gasteiger partial charge on any atom is 0.417 e. The van der Waals surface area contributed by atoms with Crippen molar-refractivity contribution in [2.45, 2.75) is 6.92 Å². The number of fused-ring (bicyclic) bond motifs is 1. The number of oxazole rings is 1. The molecule has 2 aromatic carbocycles. The summed E-state index contributed by atoms with van der Waals surface area (Å²) in [5, 5.41) is 0. The maximum absolute atomic E-state index is 12.5. The Morgan fingerprint density at radius 3 is 2.70 bits per heavy atom. The van der Waals surface area contributed by atoms with Crippen LogP contribution in [0, 0.1) is 6.92 Å². The molecule has 0 aliphatic heterocycles. The fourth-order valence-electron chi connectivity index (χ4n) is 2.12. The van der Waals surface area contributed by atoms with Crippen LogP contribution in [0.3, 0.4) is 0 Å². The number of aromatic nitrogens is 1. The summed E-state index contributed by atoms with van der Waals surface area (Å²) < 4.78 is 5.83. The largest absolute Gasteiger partial charge is 0.417 e. The molecular formula is C15H10BrNO3. The second-order valence-corrected chi connectivity index (χ2v) is 5.49. The first-order chi connectivity index (χ1) is 9.52. The number of rotatable bonds is 2. The number of benzene rings is 2. The third-order valence-electron chi connectivity index (χ3n) is 2.99. The van der Waals surface area contributed by atoms with E-state index in [4.69, 9.17) is 4.42 Å². The van der Waals surface area contributed by atoms with E-state index in [9.17, 15) is 9.59 Å². The zero-order valence-corrected chi connectivity index (χ0v) is 12.2. The van der Waals surface area contributed by atoms with Gasteiger partial charge in [-0.25, -0.2) is 4.79 Å². The lowest BCUT2D eigenvalue weighted by atomic mass is 10.0. The van der Waals surface area contributed by atoms with Gasteiger partial charge in [0.25, 0.3) is 0 Å². The van der Waals surface area contributed by atoms with E-state index in [1.54, 1.807) is 24.3 Å². The first-order valence-corrected chi connectivity index (χ1v) is 6.77. The Kier molecular flexibility index (Phi) is 3.06. The molecule has 0 spiro atoms. The molecule has 5 heteroatoms. The summed E-state index contributed by atoms with van der Waals surface area (Å²) in [6.07, 6.45) is 0. The Labute approximate surface area is 122 Å². The minimum atomic E-state index is -0.525. The Hall–Kier alpha value is -2.14. The number of hydrogen-bond acceptors (Lipinski definition) is 3. The van der Waals surface area contributed by atoms with E-state index in [-0.39, 0.29) is 5.78 Å². The number of aryl methyl sites for hydroxylation is 1. The van der Waals surface area contributed by atoms with Gasteiger partial charge >= 0.3 is 5.76 Å². The number of carbonyl (C=O) groups excluding carboxylic acids is 1. The summed E-state index contributed by atoms with van der Waals surface area (Å²) in [6, 6.07) is 10.4. The van der Waals surface area contributed by atoms with Crippen LogP contribution >= 0.6 is 15.9 Å². The molecule has 3 rings (SSSR count). The smallest absolute Gasteiger partial charge is 0.408 e. The zero-order chi connectivity index (χ0) is 14.3. The van der Waals surface area contributed by atoms with E-state index < -0.39 is 5.76 Å². The molecule has 1 N–H and O–H groups in total. The second kappa shape index (κ2) is 4.76. The Morgan fingerprint density at radius 2 is 1.95 bits per heavy atom. The fraction of sp³-hybridized carbons (Fsp3) is 0.0667. The van der Waals surface area contributed by atoms with Gasteiger partial charge < -0.3 is 4.42 Å². The molecule has 0 unspecified atom stereocenters. The van der Waals surface area contributed by atoms with Crippen molar-refractivity contribution >= 4 is 32.8 Å². The molecule has 0 atom stereocenters. The van der Waals surface area contributed by atoms with Crippen molar-refractivity contribution in [1.82, 2.24) is 4.98 Å². The highest BCUT2D eigenvalue weighted by Crippen LogP contribution is 2.20. The lowest BCUT2D eigenvalue weighted by molar-refractivity contribution is 0.103. The summed E-state index contributed by atoms with van der Waals surface area (Å²) >= 11 is 3.38. The Morgan fingerprint density at radius 1 is 1.15 bits per heavy atom. The van der Waals surface area contributed by atoms with E-state index in [0.29, 0.717) is 22.2 Å². The number of halogens is 1. The maximum atomic E-state index is 12.5. The number of nitrogens with one attached hydrogen (secondary N) is 1. The molecule has 1 aromatic heterocycles. The number of H-pyrrole nitrogens is 1. The van der Waals surface area contributed by atoms with Crippen LogP contribution in [0.5, 0.6) is 0 Å². The molecule has 0 saturated heterocycles. The average Bonchev–Trinajstić information content (AvgIpc) is 2.75. The monoisotopic (exact) mass is 331 g/mol. The van der Waals surface area contributed by atoms with Gasteiger partial charge in [-0.2, -0.15) is 0 Å². The molecule has 0 bridgehead atoms. The van der Waals surface area contributed by atoms with E-state index in [2.05, 4.69) is 20.9 Å². The summed E-state index contributed by atoms with van der Waals surface area (Å²) in [4.78, 5) is 26.1. The van der Waals surface area contributed by atoms with Crippen LogP contribution in [0.4, 0.5) is 0 Å². The Balaban J connectivity index is 2.09. The molecule has 0 fully saturated rings. The number of aromatic amines is 1. The van der Waals surface area contributed by atoms with E-state index in [1.165, 1.54) is 0 Å². The van der Waals surface area contributed by atoms with Crippen molar-refractivity contribution in [2.75, 3.05) is 0 Å². The molecule has 3 aromatic rings. The van der Waals surface area contributed by atoms with Gasteiger partial charge in [-0.1, -0.05) is 15.9 Å². The van der Waals surface area contributed by atoms with E-state index >= 15 is 0 Å². The predicted molar refractivity (Wildman–Crippen MR) is 79.1 cm³/mol. The van der Waals surface area contributed by atoms with Crippen molar-refractivity contribution in [3.8, 4) is 0 Å². The number of ketones is 1. The highest BCUT2D eigenvalue weighted by atomic mass is 79.9. The van der Waals surface area contributed by atoms with Crippen LogP contribution < -0.4 is 5.76 Å². The van der Waals surface area contributed by atoms with Gasteiger partial charge in [-0.05, 0) is 48.9 Å². The first kappa shape index (κ1) is 12.9. The highest BCUT2D eigenvalue weighted by Gasteiger charge is 2.12. The molecule has 0 aliphatic carbocycles. The molecule has 4 nitrogen and oxygen atoms in total. The van der Waals surface area contributed by atoms with Crippen LogP contribution in [0.2, 0.25) is 0 Å². The molecule has 0 amide bonds. The van der Waals surface area contributed by atoms with Gasteiger partial charge in [-0.15, -0.1) is 0 Å². The summed E-state index contributed by atoms with van der Waals surface area (Å²) in [7, 11) is 0. The van der Waals surface area contributed by atoms with Gasteiger partial charge in [0.2, 0.25) is 0 Å². The Bertz CT molecular complexity index is 856. The van der Waals surface area contributed by atoms with E-state index in [0.717, 1.165) is 10.0 Å². The van der Waals surface area contributed by atoms with Crippen molar-refractivity contribution in [3.63, 3.8) is 0 Å². The van der Waals surface area contributed by atoms with Crippen LogP contribution in [-0.4, -0.2) is 10.8 Å². The van der Waals surface area contributed by atoms with Gasteiger partial charge in [0.1, 0.15) is 0 Å². The summed E-state index contributed by atoms with van der Waals surface area (Å²) in [5.41, 5.74) is 3.04. The van der Waals surface area contributed by atoms with Crippen LogP contribution in [-0.2, 0) is 0 Å². The van der Waals surface area contributed by atoms with Crippen LogP contribution in [0.15, 0.2) is 50.1 Å². The number of hydrogen-bond donors (Lipinski definition) is 1. The normalized spacial score (nSPS) is 10.9. The SMILES string of the molecule is Cc1cc(Br)cc(C(=O)c2ccc3[nH]c(=O)oc3c2)c1. The van der Waals surface area contributed by atoms with Crippen molar-refractivity contribution in [2.24, 2.45) is 0 Å². The zero-order valence-electron chi connectivity index (χ0n) is 10.6. The molecule has 1 heterocycles. The van der Waals surface area contributed by atoms with Gasteiger partial charge in [0.15, 0.2) is 11.4 Å². The molecular weight excluding hydrogens is 322 g/mol. The number of carbonyl (C=O) groups is 1. The molecule has 100 valence electrons. The summed E-state index contributed by atoms with van der Waals surface area (Å²) in [5.74, 6) is -0.636. The molecule has 0 saturated carbocycles. The predicted octanol–water partition coefficient (Wildman–Crippen LogP) is 3.42. The molecule has 0 aliphatic rings. The lowest BCUT2D eigenvalue weighted by Gasteiger charge is -2.03. The van der Waals surface area contributed by atoms with Crippen molar-refractivity contribution in [3.05, 3.63) is 68.1 Å². The van der Waals surface area contributed by atoms with Crippen LogP contribution in [0.25, 0.3) is 11.1 Å². The third-order valence-corrected chi connectivity index (χ3v) is 3.45. The molecule has 20 heavy (non-hydrogen) atoms. The topological polar surface area (TPSA) is 63.1 Å². The third kappa shape index (κ3) is 2.32. The van der Waals surface area contributed by atoms with Crippen LogP contribution in [0.1, 0.15) is 21.5 Å². The fourth-order valence-corrected chi connectivity index (χ4v) is 2.73. The van der Waals surface area contributed by atoms with Gasteiger partial charge in [0.05, 0.1) is 5.52 Å².